The molecule has 0 heterocycles. The summed E-state index contributed by atoms with van der Waals surface area (Å²) >= 11 is 0. The van der Waals surface area contributed by atoms with Crippen LogP contribution in [0.2, 0.25) is 0 Å². The fourth-order valence-electron chi connectivity index (χ4n) is 2.76. The number of methoxy groups -OCH3 is 2. The Labute approximate surface area is 175 Å². The Morgan fingerprint density at radius 2 is 1.60 bits per heavy atom. The Kier molecular flexibility index (Phi) is 7.05. The van der Waals surface area contributed by atoms with Crippen molar-refractivity contribution in [1.29, 1.82) is 0 Å². The first-order valence-electron chi connectivity index (χ1n) is 9.36. The molecule has 0 aromatic heterocycles. The molecule has 154 valence electrons. The zero-order valence-electron chi connectivity index (χ0n) is 17.1. The van der Waals surface area contributed by atoms with Gasteiger partial charge in [-0.15, -0.1) is 0 Å². The molecule has 30 heavy (non-hydrogen) atoms. The third-order valence-electron chi connectivity index (χ3n) is 4.35. The fraction of sp³-hybridized carbons (Fsp3) is 0.167. The van der Waals surface area contributed by atoms with Gasteiger partial charge in [-0.25, -0.2) is 4.79 Å². The van der Waals surface area contributed by atoms with Crippen molar-refractivity contribution in [3.8, 4) is 17.2 Å². The van der Waals surface area contributed by atoms with Crippen LogP contribution in [0.25, 0.3) is 0 Å². The van der Waals surface area contributed by atoms with Crippen molar-refractivity contribution >= 4 is 11.7 Å². The van der Waals surface area contributed by atoms with Gasteiger partial charge in [-0.3, -0.25) is 0 Å². The number of carbonyl (C=O) groups excluding carboxylic acids is 1. The van der Waals surface area contributed by atoms with E-state index < -0.39 is 5.97 Å². The highest BCUT2D eigenvalue weighted by Crippen LogP contribution is 2.27. The predicted molar refractivity (Wildman–Crippen MR) is 114 cm³/mol. The summed E-state index contributed by atoms with van der Waals surface area (Å²) in [4.78, 5) is 17.8. The molecule has 0 saturated carbocycles. The third kappa shape index (κ3) is 5.38. The van der Waals surface area contributed by atoms with E-state index in [1.165, 1.54) is 0 Å². The number of hydrogen-bond acceptors (Lipinski definition) is 6. The largest absolute Gasteiger partial charge is 0.493 e. The van der Waals surface area contributed by atoms with Gasteiger partial charge in [0.25, 0.3) is 0 Å². The molecular formula is C24H23NO5. The Hall–Kier alpha value is -3.80. The van der Waals surface area contributed by atoms with E-state index in [1.54, 1.807) is 44.6 Å². The molecular weight excluding hydrogens is 382 g/mol. The molecule has 0 N–H and O–H groups in total. The molecule has 0 aliphatic carbocycles. The molecule has 0 aliphatic rings. The van der Waals surface area contributed by atoms with Crippen LogP contribution in [0.5, 0.6) is 17.2 Å². The molecule has 0 unspecified atom stereocenters. The SMILES string of the molecule is COc1ccc(C(C)=NOCc2cccc(C(=O)Oc3ccccc3)c2)cc1OC. The van der Waals surface area contributed by atoms with E-state index in [-0.39, 0.29) is 6.61 Å². The number of hydrogen-bond donors (Lipinski definition) is 0. The van der Waals surface area contributed by atoms with E-state index in [4.69, 9.17) is 19.0 Å². The highest BCUT2D eigenvalue weighted by atomic mass is 16.6. The molecule has 6 nitrogen and oxygen atoms in total. The van der Waals surface area contributed by atoms with Crippen LogP contribution in [0.3, 0.4) is 0 Å². The van der Waals surface area contributed by atoms with Gasteiger partial charge in [-0.1, -0.05) is 35.5 Å². The van der Waals surface area contributed by atoms with Gasteiger partial charge in [-0.2, -0.15) is 0 Å². The van der Waals surface area contributed by atoms with Gasteiger partial charge in [0.2, 0.25) is 0 Å². The van der Waals surface area contributed by atoms with E-state index in [9.17, 15) is 4.79 Å². The Morgan fingerprint density at radius 3 is 2.33 bits per heavy atom. The molecule has 6 heteroatoms. The Morgan fingerprint density at radius 1 is 0.833 bits per heavy atom. The fourth-order valence-corrected chi connectivity index (χ4v) is 2.76. The maximum atomic E-state index is 12.3. The molecule has 3 aromatic carbocycles. The molecule has 0 radical (unpaired) electrons. The summed E-state index contributed by atoms with van der Waals surface area (Å²) in [5, 5.41) is 4.17. The highest BCUT2D eigenvalue weighted by Gasteiger charge is 2.10. The molecule has 0 aliphatic heterocycles. The predicted octanol–water partition coefficient (Wildman–Crippen LogP) is 4.86. The van der Waals surface area contributed by atoms with Gasteiger partial charge in [0.15, 0.2) is 11.5 Å². The van der Waals surface area contributed by atoms with Crippen molar-refractivity contribution < 1.29 is 23.8 Å². The van der Waals surface area contributed by atoms with E-state index in [2.05, 4.69) is 5.16 Å². The lowest BCUT2D eigenvalue weighted by Crippen LogP contribution is -2.08. The van der Waals surface area contributed by atoms with Crippen molar-refractivity contribution in [2.24, 2.45) is 5.16 Å². The Bertz CT molecular complexity index is 1030. The summed E-state index contributed by atoms with van der Waals surface area (Å²) < 4.78 is 15.9. The van der Waals surface area contributed by atoms with E-state index in [0.29, 0.717) is 28.5 Å². The van der Waals surface area contributed by atoms with Crippen LogP contribution < -0.4 is 14.2 Å². The average Bonchev–Trinajstić information content (AvgIpc) is 2.79. The number of carbonyl (C=O) groups is 1. The minimum Gasteiger partial charge on any atom is -0.493 e. The Balaban J connectivity index is 1.63. The lowest BCUT2D eigenvalue weighted by molar-refractivity contribution is 0.0734. The molecule has 3 aromatic rings. The van der Waals surface area contributed by atoms with Gasteiger partial charge in [0.05, 0.1) is 25.5 Å². The molecule has 0 fully saturated rings. The zero-order valence-corrected chi connectivity index (χ0v) is 17.1. The van der Waals surface area contributed by atoms with Gasteiger partial charge < -0.3 is 19.0 Å². The van der Waals surface area contributed by atoms with E-state index in [0.717, 1.165) is 11.1 Å². The second kappa shape index (κ2) is 10.1. The summed E-state index contributed by atoms with van der Waals surface area (Å²) in [5.41, 5.74) is 2.80. The van der Waals surface area contributed by atoms with Crippen LogP contribution >= 0.6 is 0 Å². The van der Waals surface area contributed by atoms with Gasteiger partial charge in [0, 0.05) is 5.56 Å². The molecule has 0 atom stereocenters. The minimum atomic E-state index is -0.423. The normalized spacial score (nSPS) is 11.0. The van der Waals surface area contributed by atoms with Crippen LogP contribution in [-0.2, 0) is 11.4 Å². The van der Waals surface area contributed by atoms with Crippen molar-refractivity contribution in [2.75, 3.05) is 14.2 Å². The first-order valence-corrected chi connectivity index (χ1v) is 9.36. The van der Waals surface area contributed by atoms with Crippen molar-refractivity contribution in [3.63, 3.8) is 0 Å². The monoisotopic (exact) mass is 405 g/mol. The van der Waals surface area contributed by atoms with E-state index in [1.807, 2.05) is 49.4 Å². The van der Waals surface area contributed by atoms with Gasteiger partial charge in [-0.05, 0) is 55.0 Å². The maximum Gasteiger partial charge on any atom is 0.343 e. The molecule has 0 saturated heterocycles. The highest BCUT2D eigenvalue weighted by molar-refractivity contribution is 5.98. The van der Waals surface area contributed by atoms with Crippen LogP contribution in [0.4, 0.5) is 0 Å². The third-order valence-corrected chi connectivity index (χ3v) is 4.35. The summed E-state index contributed by atoms with van der Waals surface area (Å²) in [7, 11) is 3.17. The summed E-state index contributed by atoms with van der Waals surface area (Å²) in [6, 6.07) is 21.6. The van der Waals surface area contributed by atoms with Gasteiger partial charge >= 0.3 is 5.97 Å². The quantitative estimate of drug-likeness (QED) is 0.232. The second-order valence-electron chi connectivity index (χ2n) is 6.42. The number of nitrogens with zero attached hydrogens (tertiary/aromatic N) is 1. The van der Waals surface area contributed by atoms with Crippen molar-refractivity contribution in [2.45, 2.75) is 13.5 Å². The first kappa shape index (κ1) is 20.9. The van der Waals surface area contributed by atoms with E-state index >= 15 is 0 Å². The number of oxime groups is 1. The number of ether oxygens (including phenoxy) is 3. The second-order valence-corrected chi connectivity index (χ2v) is 6.42. The zero-order chi connectivity index (χ0) is 21.3. The molecule has 0 amide bonds. The number of esters is 1. The maximum absolute atomic E-state index is 12.3. The minimum absolute atomic E-state index is 0.219. The molecule has 3 rings (SSSR count). The van der Waals surface area contributed by atoms with Crippen molar-refractivity contribution in [3.05, 3.63) is 89.5 Å². The van der Waals surface area contributed by atoms with Crippen LogP contribution in [0.1, 0.15) is 28.4 Å². The molecule has 0 spiro atoms. The summed E-state index contributed by atoms with van der Waals surface area (Å²) in [6.07, 6.45) is 0. The molecule has 0 bridgehead atoms. The van der Waals surface area contributed by atoms with Gasteiger partial charge in [0.1, 0.15) is 12.4 Å². The summed E-state index contributed by atoms with van der Waals surface area (Å²) in [5.74, 6) is 1.34. The number of para-hydroxylation sites is 1. The topological polar surface area (TPSA) is 66.4 Å². The average molecular weight is 405 g/mol. The number of rotatable bonds is 8. The lowest BCUT2D eigenvalue weighted by Gasteiger charge is -2.09. The van der Waals surface area contributed by atoms with Crippen LogP contribution in [0, 0.1) is 0 Å². The van der Waals surface area contributed by atoms with Crippen LogP contribution in [-0.4, -0.2) is 25.9 Å². The number of benzene rings is 3. The standard InChI is InChI=1S/C24H23NO5/c1-17(19-12-13-22(27-2)23(15-19)28-3)25-29-16-18-8-7-9-20(14-18)24(26)30-21-10-5-4-6-11-21/h4-15H,16H2,1-3H3. The van der Waals surface area contributed by atoms with Crippen LogP contribution in [0.15, 0.2) is 78.0 Å². The first-order chi connectivity index (χ1) is 14.6. The smallest absolute Gasteiger partial charge is 0.343 e. The van der Waals surface area contributed by atoms with Crippen molar-refractivity contribution in [1.82, 2.24) is 0 Å². The lowest BCUT2D eigenvalue weighted by atomic mass is 10.1. The summed E-state index contributed by atoms with van der Waals surface area (Å²) in [6.45, 7) is 2.06.